The number of carbonyl (C=O) groups is 1. The second-order valence-electron chi connectivity index (χ2n) is 2.57. The van der Waals surface area contributed by atoms with Gasteiger partial charge < -0.3 is 5.32 Å². The van der Waals surface area contributed by atoms with E-state index in [0.717, 1.165) is 12.3 Å². The third kappa shape index (κ3) is 3.61. The molecule has 0 fully saturated rings. The summed E-state index contributed by atoms with van der Waals surface area (Å²) in [7, 11) is 0. The number of carbonyl (C=O) groups excluding carboxylic acids is 1. The summed E-state index contributed by atoms with van der Waals surface area (Å²) in [5.74, 6) is -0.927. The van der Waals surface area contributed by atoms with Gasteiger partial charge >= 0.3 is 0 Å². The Labute approximate surface area is 84.8 Å². The molecule has 0 atom stereocenters. The highest BCUT2D eigenvalue weighted by atomic mass is 19.1. The van der Waals surface area contributed by atoms with E-state index < -0.39 is 11.7 Å². The van der Waals surface area contributed by atoms with Crippen LogP contribution in [0.1, 0.15) is 10.5 Å². The first-order valence-electron chi connectivity index (χ1n) is 4.14. The number of rotatable bonds is 4. The fourth-order valence-corrected chi connectivity index (χ4v) is 0.865. The molecule has 1 N–H and O–H groups in total. The molecule has 1 heterocycles. The van der Waals surface area contributed by atoms with Gasteiger partial charge in [-0.05, 0) is 17.7 Å². The summed E-state index contributed by atoms with van der Waals surface area (Å²) in [4.78, 5) is 17.4. The van der Waals surface area contributed by atoms with Gasteiger partial charge in [-0.2, -0.15) is 0 Å². The topological polar surface area (TPSA) is 90.8 Å². The first kappa shape index (κ1) is 10.9. The summed E-state index contributed by atoms with van der Waals surface area (Å²) < 4.78 is 12.5. The molecule has 0 saturated heterocycles. The van der Waals surface area contributed by atoms with Crippen molar-refractivity contribution < 1.29 is 9.18 Å². The maximum Gasteiger partial charge on any atom is 0.269 e. The summed E-state index contributed by atoms with van der Waals surface area (Å²) in [5, 5.41) is 5.70. The lowest BCUT2D eigenvalue weighted by molar-refractivity contribution is 0.0950. The Balaban J connectivity index is 2.46. The maximum atomic E-state index is 12.5. The molecule has 0 aliphatic rings. The molecule has 15 heavy (non-hydrogen) atoms. The van der Waals surface area contributed by atoms with Gasteiger partial charge in [0, 0.05) is 18.0 Å². The van der Waals surface area contributed by atoms with Gasteiger partial charge in [-0.25, -0.2) is 9.37 Å². The van der Waals surface area contributed by atoms with E-state index in [1.165, 1.54) is 6.07 Å². The highest BCUT2D eigenvalue weighted by Crippen LogP contribution is 1.97. The van der Waals surface area contributed by atoms with Gasteiger partial charge in [-0.15, -0.1) is 0 Å². The van der Waals surface area contributed by atoms with Crippen LogP contribution in [0.4, 0.5) is 4.39 Å². The number of amides is 1. The zero-order chi connectivity index (χ0) is 11.1. The summed E-state index contributed by atoms with van der Waals surface area (Å²) in [6.07, 6.45) is 0.961. The average Bonchev–Trinajstić information content (AvgIpc) is 2.25. The van der Waals surface area contributed by atoms with Crippen LogP contribution >= 0.6 is 0 Å². The lowest BCUT2D eigenvalue weighted by Gasteiger charge is -2.01. The Morgan fingerprint density at radius 3 is 3.07 bits per heavy atom. The molecule has 0 radical (unpaired) electrons. The first-order valence-corrected chi connectivity index (χ1v) is 4.14. The highest BCUT2D eigenvalue weighted by Gasteiger charge is 2.05. The van der Waals surface area contributed by atoms with Crippen LogP contribution in [0, 0.1) is 5.82 Å². The molecule has 6 nitrogen and oxygen atoms in total. The van der Waals surface area contributed by atoms with Crippen molar-refractivity contribution >= 4 is 5.91 Å². The van der Waals surface area contributed by atoms with E-state index in [0.29, 0.717) is 0 Å². The van der Waals surface area contributed by atoms with Crippen molar-refractivity contribution in [2.75, 3.05) is 13.1 Å². The van der Waals surface area contributed by atoms with Crippen LogP contribution in [0.15, 0.2) is 23.4 Å². The van der Waals surface area contributed by atoms with Crippen molar-refractivity contribution in [1.82, 2.24) is 10.3 Å². The lowest BCUT2D eigenvalue weighted by atomic mass is 10.3. The van der Waals surface area contributed by atoms with Crippen molar-refractivity contribution in [2.24, 2.45) is 5.11 Å². The number of pyridine rings is 1. The molecular formula is C8H8FN5O. The van der Waals surface area contributed by atoms with Gasteiger partial charge in [-0.1, -0.05) is 5.11 Å². The minimum absolute atomic E-state index is 0.123. The smallest absolute Gasteiger partial charge is 0.269 e. The number of nitrogens with zero attached hydrogens (tertiary/aromatic N) is 4. The number of azide groups is 1. The van der Waals surface area contributed by atoms with Crippen LogP contribution < -0.4 is 5.32 Å². The molecule has 1 amide bonds. The Bertz CT molecular complexity index is 385. The van der Waals surface area contributed by atoms with Crippen molar-refractivity contribution in [2.45, 2.75) is 0 Å². The van der Waals surface area contributed by atoms with Gasteiger partial charge in [0.1, 0.15) is 11.5 Å². The Morgan fingerprint density at radius 2 is 2.47 bits per heavy atom. The molecule has 1 aromatic heterocycles. The fraction of sp³-hybridized carbons (Fsp3) is 0.250. The van der Waals surface area contributed by atoms with Gasteiger partial charge in [0.2, 0.25) is 0 Å². The molecule has 0 spiro atoms. The molecule has 0 saturated carbocycles. The van der Waals surface area contributed by atoms with E-state index in [1.807, 2.05) is 0 Å². The summed E-state index contributed by atoms with van der Waals surface area (Å²) in [6.45, 7) is 0.394. The zero-order valence-corrected chi connectivity index (χ0v) is 7.72. The van der Waals surface area contributed by atoms with Gasteiger partial charge in [0.05, 0.1) is 6.20 Å². The summed E-state index contributed by atoms with van der Waals surface area (Å²) in [5.41, 5.74) is 8.09. The standard InChI is InChI=1S/C8H8FN5O/c9-6-1-2-7(12-5-6)8(15)11-3-4-13-14-10/h1-2,5H,3-4H2,(H,11,15). The van der Waals surface area contributed by atoms with Crippen LogP contribution in [-0.2, 0) is 0 Å². The Kier molecular flexibility index (Phi) is 4.05. The summed E-state index contributed by atoms with van der Waals surface area (Å²) >= 11 is 0. The third-order valence-corrected chi connectivity index (χ3v) is 1.52. The molecule has 0 aliphatic carbocycles. The Hall–Kier alpha value is -2.14. The Morgan fingerprint density at radius 1 is 1.67 bits per heavy atom. The third-order valence-electron chi connectivity index (χ3n) is 1.52. The second kappa shape index (κ2) is 5.56. The van der Waals surface area contributed by atoms with Crippen LogP contribution in [-0.4, -0.2) is 24.0 Å². The van der Waals surface area contributed by atoms with Crippen molar-refractivity contribution in [3.05, 3.63) is 40.3 Å². The van der Waals surface area contributed by atoms with Crippen molar-refractivity contribution in [1.29, 1.82) is 0 Å². The lowest BCUT2D eigenvalue weighted by Crippen LogP contribution is -2.26. The van der Waals surface area contributed by atoms with E-state index in [2.05, 4.69) is 20.3 Å². The van der Waals surface area contributed by atoms with Gasteiger partial charge in [-0.3, -0.25) is 4.79 Å². The number of hydrogen-bond acceptors (Lipinski definition) is 3. The van der Waals surface area contributed by atoms with Gasteiger partial charge in [0.15, 0.2) is 0 Å². The van der Waals surface area contributed by atoms with Crippen LogP contribution in [0.2, 0.25) is 0 Å². The number of aromatic nitrogens is 1. The molecule has 0 unspecified atom stereocenters. The molecule has 78 valence electrons. The summed E-state index contributed by atoms with van der Waals surface area (Å²) in [6, 6.07) is 2.42. The van der Waals surface area contributed by atoms with Gasteiger partial charge in [0.25, 0.3) is 5.91 Å². The molecule has 0 aromatic carbocycles. The second-order valence-corrected chi connectivity index (χ2v) is 2.57. The SMILES string of the molecule is [N-]=[N+]=NCCNC(=O)c1ccc(F)cn1. The monoisotopic (exact) mass is 209 g/mol. The fourth-order valence-electron chi connectivity index (χ4n) is 0.865. The number of nitrogens with one attached hydrogen (secondary N) is 1. The van der Waals surface area contributed by atoms with E-state index >= 15 is 0 Å². The predicted octanol–water partition coefficient (Wildman–Crippen LogP) is 1.26. The van der Waals surface area contributed by atoms with E-state index in [9.17, 15) is 9.18 Å². The molecule has 7 heteroatoms. The number of hydrogen-bond donors (Lipinski definition) is 1. The molecular weight excluding hydrogens is 201 g/mol. The van der Waals surface area contributed by atoms with E-state index in [1.54, 1.807) is 0 Å². The molecule has 1 rings (SSSR count). The first-order chi connectivity index (χ1) is 7.24. The largest absolute Gasteiger partial charge is 0.351 e. The number of halogens is 1. The van der Waals surface area contributed by atoms with Crippen LogP contribution in [0.3, 0.4) is 0 Å². The quantitative estimate of drug-likeness (QED) is 0.350. The van der Waals surface area contributed by atoms with E-state index in [-0.39, 0.29) is 18.8 Å². The van der Waals surface area contributed by atoms with Crippen molar-refractivity contribution in [3.63, 3.8) is 0 Å². The average molecular weight is 209 g/mol. The molecule has 1 aromatic rings. The predicted molar refractivity (Wildman–Crippen MR) is 50.5 cm³/mol. The zero-order valence-electron chi connectivity index (χ0n) is 7.72. The minimum Gasteiger partial charge on any atom is -0.351 e. The minimum atomic E-state index is -0.499. The van der Waals surface area contributed by atoms with Crippen LogP contribution in [0.5, 0.6) is 0 Å². The molecule has 0 aliphatic heterocycles. The van der Waals surface area contributed by atoms with Crippen LogP contribution in [0.25, 0.3) is 10.4 Å². The maximum absolute atomic E-state index is 12.5. The molecule has 0 bridgehead atoms. The van der Waals surface area contributed by atoms with Crippen molar-refractivity contribution in [3.8, 4) is 0 Å². The van der Waals surface area contributed by atoms with E-state index in [4.69, 9.17) is 5.53 Å². The normalized spacial score (nSPS) is 9.13. The highest BCUT2D eigenvalue weighted by molar-refractivity contribution is 5.92.